The van der Waals surface area contributed by atoms with Crippen LogP contribution >= 0.6 is 0 Å². The van der Waals surface area contributed by atoms with Crippen molar-refractivity contribution in [3.05, 3.63) is 18.5 Å². The highest BCUT2D eigenvalue weighted by molar-refractivity contribution is 5.82. The molecule has 18 heavy (non-hydrogen) atoms. The van der Waals surface area contributed by atoms with E-state index in [1.54, 1.807) is 15.8 Å². The van der Waals surface area contributed by atoms with Crippen LogP contribution in [0, 0.1) is 0 Å². The monoisotopic (exact) mass is 254 g/mol. The molecular formula is C11H18N4O3. The summed E-state index contributed by atoms with van der Waals surface area (Å²) in [6, 6.07) is 0.541. The molecule has 0 fully saturated rings. The van der Waals surface area contributed by atoms with Crippen LogP contribution in [-0.4, -0.2) is 50.9 Å². The molecule has 0 aliphatic rings. The molecule has 0 aromatic carbocycles. The second-order valence-corrected chi connectivity index (χ2v) is 3.86. The second-order valence-electron chi connectivity index (χ2n) is 3.86. The third-order valence-corrected chi connectivity index (χ3v) is 2.54. The molecule has 0 bridgehead atoms. The van der Waals surface area contributed by atoms with E-state index in [0.717, 1.165) is 0 Å². The van der Waals surface area contributed by atoms with Crippen molar-refractivity contribution in [2.75, 3.05) is 13.1 Å². The van der Waals surface area contributed by atoms with Gasteiger partial charge in [-0.05, 0) is 19.9 Å². The molecular weight excluding hydrogens is 236 g/mol. The third kappa shape index (κ3) is 4.08. The first-order valence-electron chi connectivity index (χ1n) is 5.80. The SMILES string of the molecule is CCN(CCn1cccn1)C(=O)N[C@@H](C)C(=O)O. The molecule has 7 heteroatoms. The van der Waals surface area contributed by atoms with Crippen molar-refractivity contribution in [2.45, 2.75) is 26.4 Å². The lowest BCUT2D eigenvalue weighted by molar-refractivity contribution is -0.138. The molecule has 1 rings (SSSR count). The van der Waals surface area contributed by atoms with Crippen molar-refractivity contribution in [3.8, 4) is 0 Å². The molecule has 0 saturated heterocycles. The Balaban J connectivity index is 2.44. The first-order chi connectivity index (χ1) is 8.54. The van der Waals surface area contributed by atoms with E-state index in [4.69, 9.17) is 5.11 Å². The summed E-state index contributed by atoms with van der Waals surface area (Å²) in [6.45, 7) is 4.85. The van der Waals surface area contributed by atoms with Crippen molar-refractivity contribution in [1.82, 2.24) is 20.0 Å². The summed E-state index contributed by atoms with van der Waals surface area (Å²) < 4.78 is 1.72. The molecule has 1 heterocycles. The quantitative estimate of drug-likeness (QED) is 0.768. The van der Waals surface area contributed by atoms with E-state index in [9.17, 15) is 9.59 Å². The highest BCUT2D eigenvalue weighted by Crippen LogP contribution is 1.94. The predicted octanol–water partition coefficient (Wildman–Crippen LogP) is 0.388. The Morgan fingerprint density at radius 2 is 2.28 bits per heavy atom. The maximum atomic E-state index is 11.8. The molecule has 1 aromatic heterocycles. The molecule has 1 atom stereocenters. The van der Waals surface area contributed by atoms with E-state index in [0.29, 0.717) is 19.6 Å². The van der Waals surface area contributed by atoms with Gasteiger partial charge in [-0.15, -0.1) is 0 Å². The fourth-order valence-electron chi connectivity index (χ4n) is 1.40. The van der Waals surface area contributed by atoms with Crippen LogP contribution in [0.3, 0.4) is 0 Å². The molecule has 0 aliphatic carbocycles. The van der Waals surface area contributed by atoms with Crippen molar-refractivity contribution in [1.29, 1.82) is 0 Å². The topological polar surface area (TPSA) is 87.5 Å². The van der Waals surface area contributed by atoms with Crippen LogP contribution < -0.4 is 5.32 Å². The predicted molar refractivity (Wildman–Crippen MR) is 65.1 cm³/mol. The normalized spacial score (nSPS) is 11.9. The Labute approximate surface area is 105 Å². The number of likely N-dealkylation sites (N-methyl/N-ethyl adjacent to an activating group) is 1. The summed E-state index contributed by atoms with van der Waals surface area (Å²) in [7, 11) is 0. The molecule has 0 saturated carbocycles. The van der Waals surface area contributed by atoms with Crippen LogP contribution in [0.5, 0.6) is 0 Å². The Kier molecular flexibility index (Phi) is 5.16. The summed E-state index contributed by atoms with van der Waals surface area (Å²) in [5.74, 6) is -1.05. The number of hydrogen-bond acceptors (Lipinski definition) is 3. The van der Waals surface area contributed by atoms with Gasteiger partial charge in [-0.25, -0.2) is 4.79 Å². The molecule has 2 N–H and O–H groups in total. The zero-order valence-corrected chi connectivity index (χ0v) is 10.5. The van der Waals surface area contributed by atoms with Crippen LogP contribution in [-0.2, 0) is 11.3 Å². The fraction of sp³-hybridized carbons (Fsp3) is 0.545. The van der Waals surface area contributed by atoms with Gasteiger partial charge in [0.15, 0.2) is 0 Å². The van der Waals surface area contributed by atoms with Crippen molar-refractivity contribution >= 4 is 12.0 Å². The summed E-state index contributed by atoms with van der Waals surface area (Å²) in [5.41, 5.74) is 0. The number of carbonyl (C=O) groups is 2. The van der Waals surface area contributed by atoms with Gasteiger partial charge in [0.1, 0.15) is 6.04 Å². The number of aromatic nitrogens is 2. The first-order valence-corrected chi connectivity index (χ1v) is 5.80. The van der Waals surface area contributed by atoms with Gasteiger partial charge in [-0.1, -0.05) is 0 Å². The molecule has 0 radical (unpaired) electrons. The van der Waals surface area contributed by atoms with Crippen LogP contribution in [0.15, 0.2) is 18.5 Å². The van der Waals surface area contributed by atoms with Crippen LogP contribution in [0.25, 0.3) is 0 Å². The van der Waals surface area contributed by atoms with Gasteiger partial charge in [0.05, 0.1) is 6.54 Å². The Bertz CT molecular complexity index is 391. The Morgan fingerprint density at radius 3 is 2.78 bits per heavy atom. The molecule has 1 aromatic rings. The van der Waals surface area contributed by atoms with E-state index in [1.807, 2.05) is 19.2 Å². The number of rotatable bonds is 6. The van der Waals surface area contributed by atoms with E-state index >= 15 is 0 Å². The van der Waals surface area contributed by atoms with Crippen LogP contribution in [0.1, 0.15) is 13.8 Å². The lowest BCUT2D eigenvalue weighted by Gasteiger charge is -2.22. The standard InChI is InChI=1S/C11H18N4O3/c1-3-14(7-8-15-6-4-5-12-15)11(18)13-9(2)10(16)17/h4-6,9H,3,7-8H2,1-2H3,(H,13,18)(H,16,17)/t9-/m0/s1. The number of aliphatic carboxylic acids is 1. The average molecular weight is 254 g/mol. The molecule has 2 amide bonds. The zero-order valence-electron chi connectivity index (χ0n) is 10.5. The first kappa shape index (κ1) is 14.0. The molecule has 0 aliphatic heterocycles. The van der Waals surface area contributed by atoms with Crippen molar-refractivity contribution in [2.24, 2.45) is 0 Å². The smallest absolute Gasteiger partial charge is 0.325 e. The summed E-state index contributed by atoms with van der Waals surface area (Å²) in [5, 5.41) is 15.2. The minimum Gasteiger partial charge on any atom is -0.480 e. The Morgan fingerprint density at radius 1 is 1.56 bits per heavy atom. The van der Waals surface area contributed by atoms with Crippen LogP contribution in [0.4, 0.5) is 4.79 Å². The van der Waals surface area contributed by atoms with E-state index in [1.165, 1.54) is 6.92 Å². The lowest BCUT2D eigenvalue weighted by atomic mass is 10.3. The number of nitrogens with zero attached hydrogens (tertiary/aromatic N) is 3. The third-order valence-electron chi connectivity index (χ3n) is 2.54. The minimum absolute atomic E-state index is 0.375. The van der Waals surface area contributed by atoms with E-state index in [-0.39, 0.29) is 6.03 Å². The van der Waals surface area contributed by atoms with Gasteiger partial charge in [-0.3, -0.25) is 9.48 Å². The number of amides is 2. The van der Waals surface area contributed by atoms with Crippen LogP contribution in [0.2, 0.25) is 0 Å². The number of carboxylic acid groups (broad SMARTS) is 1. The summed E-state index contributed by atoms with van der Waals surface area (Å²) in [4.78, 5) is 24.0. The summed E-state index contributed by atoms with van der Waals surface area (Å²) in [6.07, 6.45) is 3.48. The number of carboxylic acids is 1. The molecule has 100 valence electrons. The van der Waals surface area contributed by atoms with Gasteiger partial charge in [0.25, 0.3) is 0 Å². The number of urea groups is 1. The van der Waals surface area contributed by atoms with E-state index < -0.39 is 12.0 Å². The van der Waals surface area contributed by atoms with Crippen molar-refractivity contribution < 1.29 is 14.7 Å². The number of carbonyl (C=O) groups excluding carboxylic acids is 1. The van der Waals surface area contributed by atoms with Crippen molar-refractivity contribution in [3.63, 3.8) is 0 Å². The number of nitrogens with one attached hydrogen (secondary N) is 1. The largest absolute Gasteiger partial charge is 0.480 e. The molecule has 0 unspecified atom stereocenters. The summed E-state index contributed by atoms with van der Waals surface area (Å²) >= 11 is 0. The van der Waals surface area contributed by atoms with E-state index in [2.05, 4.69) is 10.4 Å². The number of hydrogen-bond donors (Lipinski definition) is 2. The zero-order chi connectivity index (χ0) is 13.5. The Hall–Kier alpha value is -2.05. The average Bonchev–Trinajstić information content (AvgIpc) is 2.82. The fourth-order valence-corrected chi connectivity index (χ4v) is 1.40. The minimum atomic E-state index is -1.05. The highest BCUT2D eigenvalue weighted by atomic mass is 16.4. The van der Waals surface area contributed by atoms with Gasteiger partial charge in [0, 0.05) is 25.5 Å². The van der Waals surface area contributed by atoms with Gasteiger partial charge < -0.3 is 15.3 Å². The highest BCUT2D eigenvalue weighted by Gasteiger charge is 2.17. The van der Waals surface area contributed by atoms with Gasteiger partial charge in [0.2, 0.25) is 0 Å². The lowest BCUT2D eigenvalue weighted by Crippen LogP contribution is -2.47. The maximum Gasteiger partial charge on any atom is 0.325 e. The van der Waals surface area contributed by atoms with Gasteiger partial charge >= 0.3 is 12.0 Å². The second kappa shape index (κ2) is 6.63. The molecule has 7 nitrogen and oxygen atoms in total. The van der Waals surface area contributed by atoms with Gasteiger partial charge in [-0.2, -0.15) is 5.10 Å². The molecule has 0 spiro atoms. The maximum absolute atomic E-state index is 11.8.